The highest BCUT2D eigenvalue weighted by Gasteiger charge is 2.19. The van der Waals surface area contributed by atoms with Crippen LogP contribution in [0.4, 0.5) is 0 Å². The summed E-state index contributed by atoms with van der Waals surface area (Å²) < 4.78 is 0. The summed E-state index contributed by atoms with van der Waals surface area (Å²) in [6, 6.07) is 2.03. The number of hydrogen-bond acceptors (Lipinski definition) is 3. The van der Waals surface area contributed by atoms with E-state index in [0.29, 0.717) is 5.25 Å². The largest absolute Gasteiger partial charge is 0.339 e. The molecule has 4 heteroatoms. The van der Waals surface area contributed by atoms with Gasteiger partial charge in [0.1, 0.15) is 5.82 Å². The topological polar surface area (TPSA) is 41.6 Å². The number of imidazole rings is 1. The number of hydrogen-bond donors (Lipinski definition) is 1. The Kier molecular flexibility index (Phi) is 2.59. The smallest absolute Gasteiger partial charge is 0.177 e. The van der Waals surface area contributed by atoms with Crippen molar-refractivity contribution in [2.45, 2.75) is 31.4 Å². The highest BCUT2D eigenvalue weighted by molar-refractivity contribution is 7.99. The number of nitrogens with one attached hydrogen (secondary N) is 1. The Balaban J connectivity index is 2.01. The Morgan fingerprint density at radius 2 is 2.38 bits per heavy atom. The van der Waals surface area contributed by atoms with Crippen molar-refractivity contribution in [3.8, 4) is 0 Å². The molecule has 3 nitrogen and oxygen atoms in total. The van der Waals surface area contributed by atoms with Crippen molar-refractivity contribution >= 4 is 22.9 Å². The van der Waals surface area contributed by atoms with E-state index in [9.17, 15) is 0 Å². The van der Waals surface area contributed by atoms with Gasteiger partial charge < -0.3 is 4.98 Å². The number of H-pyrrole nitrogens is 1. The van der Waals surface area contributed by atoms with Gasteiger partial charge in [0.15, 0.2) is 5.65 Å². The second-order valence-electron chi connectivity index (χ2n) is 4.30. The van der Waals surface area contributed by atoms with E-state index in [1.54, 1.807) is 0 Å². The number of aromatic nitrogens is 3. The third kappa shape index (κ3) is 1.71. The van der Waals surface area contributed by atoms with Crippen LogP contribution in [0, 0.1) is 6.92 Å². The Bertz CT molecular complexity index is 500. The number of thioether (sulfide) groups is 1. The first-order chi connectivity index (χ1) is 7.84. The molecule has 2 aromatic heterocycles. The highest BCUT2D eigenvalue weighted by Crippen LogP contribution is 2.37. The van der Waals surface area contributed by atoms with Crippen molar-refractivity contribution in [2.24, 2.45) is 0 Å². The summed E-state index contributed by atoms with van der Waals surface area (Å²) in [5, 5.41) is 0.544. The molecule has 0 radical (unpaired) electrons. The van der Waals surface area contributed by atoms with Crippen molar-refractivity contribution in [2.75, 3.05) is 5.75 Å². The molecule has 3 heterocycles. The summed E-state index contributed by atoms with van der Waals surface area (Å²) in [5.74, 6) is 2.37. The summed E-state index contributed by atoms with van der Waals surface area (Å²) in [6.07, 6.45) is 5.74. The van der Waals surface area contributed by atoms with E-state index in [-0.39, 0.29) is 0 Å². The van der Waals surface area contributed by atoms with Gasteiger partial charge in [-0.25, -0.2) is 9.97 Å². The fourth-order valence-corrected chi connectivity index (χ4v) is 3.42. The number of aryl methyl sites for hydroxylation is 1. The second kappa shape index (κ2) is 4.09. The van der Waals surface area contributed by atoms with Crippen LogP contribution >= 0.6 is 11.8 Å². The number of pyridine rings is 1. The molecule has 1 saturated heterocycles. The molecular weight excluding hydrogens is 218 g/mol. The molecule has 0 aromatic carbocycles. The molecule has 0 bridgehead atoms. The normalized spacial score (nSPS) is 21.4. The van der Waals surface area contributed by atoms with E-state index < -0.39 is 0 Å². The predicted octanol–water partition coefficient (Wildman–Crippen LogP) is 3.22. The lowest BCUT2D eigenvalue weighted by Crippen LogP contribution is -2.03. The van der Waals surface area contributed by atoms with Gasteiger partial charge in [-0.3, -0.25) is 0 Å². The minimum absolute atomic E-state index is 0.544. The van der Waals surface area contributed by atoms with Crippen LogP contribution in [0.15, 0.2) is 12.3 Å². The Morgan fingerprint density at radius 1 is 1.44 bits per heavy atom. The maximum atomic E-state index is 4.61. The average Bonchev–Trinajstić information content (AvgIpc) is 2.76. The van der Waals surface area contributed by atoms with E-state index in [1.807, 2.05) is 24.0 Å². The van der Waals surface area contributed by atoms with Gasteiger partial charge in [-0.15, -0.1) is 0 Å². The maximum Gasteiger partial charge on any atom is 0.177 e. The second-order valence-corrected chi connectivity index (χ2v) is 5.61. The van der Waals surface area contributed by atoms with Gasteiger partial charge in [-0.2, -0.15) is 11.8 Å². The lowest BCUT2D eigenvalue weighted by atomic mass is 10.2. The molecule has 1 aliphatic rings. The van der Waals surface area contributed by atoms with Crippen molar-refractivity contribution in [1.82, 2.24) is 15.0 Å². The minimum Gasteiger partial charge on any atom is -0.339 e. The molecule has 0 aliphatic carbocycles. The number of rotatable bonds is 1. The lowest BCUT2D eigenvalue weighted by molar-refractivity contribution is 0.668. The molecule has 0 spiro atoms. The molecule has 84 valence electrons. The zero-order valence-corrected chi connectivity index (χ0v) is 10.2. The molecule has 0 saturated carbocycles. The van der Waals surface area contributed by atoms with Crippen LogP contribution < -0.4 is 0 Å². The van der Waals surface area contributed by atoms with Gasteiger partial charge in [0.25, 0.3) is 0 Å². The summed E-state index contributed by atoms with van der Waals surface area (Å²) in [7, 11) is 0. The van der Waals surface area contributed by atoms with E-state index >= 15 is 0 Å². The predicted molar refractivity (Wildman–Crippen MR) is 67.7 cm³/mol. The lowest BCUT2D eigenvalue weighted by Gasteiger charge is -2.18. The van der Waals surface area contributed by atoms with Gasteiger partial charge in [0.2, 0.25) is 0 Å². The molecule has 1 N–H and O–H groups in total. The number of aromatic amines is 1. The maximum absolute atomic E-state index is 4.61. The molecular formula is C12H15N3S. The molecule has 1 unspecified atom stereocenters. The molecule has 2 aromatic rings. The summed E-state index contributed by atoms with van der Waals surface area (Å²) in [4.78, 5) is 12.4. The van der Waals surface area contributed by atoms with E-state index in [0.717, 1.165) is 17.0 Å². The molecule has 1 aliphatic heterocycles. The van der Waals surface area contributed by atoms with Crippen molar-refractivity contribution in [1.29, 1.82) is 0 Å². The minimum atomic E-state index is 0.544. The first-order valence-corrected chi connectivity index (χ1v) is 6.82. The van der Waals surface area contributed by atoms with Gasteiger partial charge in [-0.05, 0) is 37.1 Å². The number of nitrogens with zero attached hydrogens (tertiary/aromatic N) is 2. The Labute approximate surface area is 99.1 Å². The first-order valence-electron chi connectivity index (χ1n) is 5.77. The fourth-order valence-electron chi connectivity index (χ4n) is 2.16. The third-order valence-corrected chi connectivity index (χ3v) is 4.49. The fraction of sp³-hybridized carbons (Fsp3) is 0.500. The van der Waals surface area contributed by atoms with Crippen molar-refractivity contribution in [3.63, 3.8) is 0 Å². The number of fused-ring (bicyclic) bond motifs is 1. The zero-order chi connectivity index (χ0) is 11.0. The summed E-state index contributed by atoms with van der Waals surface area (Å²) in [5.41, 5.74) is 3.19. The van der Waals surface area contributed by atoms with E-state index in [4.69, 9.17) is 0 Å². The van der Waals surface area contributed by atoms with Crippen LogP contribution in [0.25, 0.3) is 11.2 Å². The van der Waals surface area contributed by atoms with Gasteiger partial charge in [0.05, 0.1) is 10.8 Å². The van der Waals surface area contributed by atoms with Gasteiger partial charge in [0, 0.05) is 6.20 Å². The van der Waals surface area contributed by atoms with Crippen LogP contribution in [-0.2, 0) is 0 Å². The van der Waals surface area contributed by atoms with E-state index in [1.165, 1.54) is 30.6 Å². The zero-order valence-electron chi connectivity index (χ0n) is 9.36. The standard InChI is InChI=1S/C12H15N3S/c1-8-5-6-13-12-10(8)14-11(15-12)9-4-2-3-7-16-9/h5-6,9H,2-4,7H2,1H3,(H,13,14,15). The average molecular weight is 233 g/mol. The molecule has 0 amide bonds. The van der Waals surface area contributed by atoms with Crippen molar-refractivity contribution < 1.29 is 0 Å². The monoisotopic (exact) mass is 233 g/mol. The van der Waals surface area contributed by atoms with Crippen LogP contribution in [0.3, 0.4) is 0 Å². The molecule has 1 atom stereocenters. The molecule has 1 fully saturated rings. The third-order valence-electron chi connectivity index (χ3n) is 3.10. The van der Waals surface area contributed by atoms with Gasteiger partial charge in [-0.1, -0.05) is 6.42 Å². The van der Waals surface area contributed by atoms with Crippen LogP contribution in [-0.4, -0.2) is 20.7 Å². The van der Waals surface area contributed by atoms with Crippen LogP contribution in [0.2, 0.25) is 0 Å². The SMILES string of the molecule is Cc1ccnc2nc(C3CCCCS3)[nH]c12. The highest BCUT2D eigenvalue weighted by atomic mass is 32.2. The molecule has 3 rings (SSSR count). The van der Waals surface area contributed by atoms with Crippen molar-refractivity contribution in [3.05, 3.63) is 23.7 Å². The first kappa shape index (κ1) is 10.1. The molecule has 16 heavy (non-hydrogen) atoms. The quantitative estimate of drug-likeness (QED) is 0.822. The Hall–Kier alpha value is -1.03. The van der Waals surface area contributed by atoms with E-state index in [2.05, 4.69) is 21.9 Å². The van der Waals surface area contributed by atoms with Crippen LogP contribution in [0.1, 0.15) is 35.9 Å². The van der Waals surface area contributed by atoms with Gasteiger partial charge >= 0.3 is 0 Å². The van der Waals surface area contributed by atoms with Crippen LogP contribution in [0.5, 0.6) is 0 Å². The summed E-state index contributed by atoms with van der Waals surface area (Å²) in [6.45, 7) is 2.10. The summed E-state index contributed by atoms with van der Waals surface area (Å²) >= 11 is 2.02. The Morgan fingerprint density at radius 3 is 3.12 bits per heavy atom.